The third kappa shape index (κ3) is 6.36. The number of hydrogen-bond donors (Lipinski definition) is 0. The first-order chi connectivity index (χ1) is 11.3. The van der Waals surface area contributed by atoms with E-state index in [4.69, 9.17) is 0 Å². The predicted molar refractivity (Wildman–Crippen MR) is 103 cm³/mol. The summed E-state index contributed by atoms with van der Waals surface area (Å²) in [6, 6.07) is 22.2. The Labute approximate surface area is 199 Å². The zero-order chi connectivity index (χ0) is 16.1. The maximum atomic E-state index is 3.74. The van der Waals surface area contributed by atoms with Crippen LogP contribution in [0.15, 0.2) is 77.5 Å². The van der Waals surface area contributed by atoms with Crippen LogP contribution in [0, 0.1) is 6.08 Å². The van der Waals surface area contributed by atoms with Gasteiger partial charge in [-0.25, -0.2) is 10.8 Å². The molecule has 0 saturated heterocycles. The number of benzene rings is 2. The molecule has 0 radical (unpaired) electrons. The van der Waals surface area contributed by atoms with Crippen molar-refractivity contribution in [3.05, 3.63) is 83.6 Å². The summed E-state index contributed by atoms with van der Waals surface area (Å²) in [6.45, 7) is 4.76. The van der Waals surface area contributed by atoms with Crippen molar-refractivity contribution in [1.29, 1.82) is 0 Å². The Hall–Kier alpha value is -0.279. The summed E-state index contributed by atoms with van der Waals surface area (Å²) in [6.07, 6.45) is 10.8. The SMILES string of the molecule is CCCCC1=CC[C-]=C1[Si](C)(c1ccccc1)c1ccccc1.[Cl-].[Cl-].[Cl-].[Ti+4]. The molecular formula is C22H25Cl3SiTi. The standard InChI is InChI=1S/C22H25Si.3ClH.Ti/c1-3-4-12-19-13-11-18-22(19)23(2,20-14-7-5-8-15-20)21-16-9-6-10-17-21;;;;/h5-10,13-17H,3-4,11-12H2,1-2H3;3*1H;/q-1;;;;+4/p-3. The van der Waals surface area contributed by atoms with Crippen molar-refractivity contribution in [3.8, 4) is 0 Å². The molecule has 0 nitrogen and oxygen atoms in total. The molecule has 0 saturated carbocycles. The second kappa shape index (κ2) is 13.8. The van der Waals surface area contributed by atoms with Crippen LogP contribution in [0.1, 0.15) is 32.6 Å². The smallest absolute Gasteiger partial charge is 1.00 e. The van der Waals surface area contributed by atoms with E-state index in [1.165, 1.54) is 34.8 Å². The molecule has 27 heavy (non-hydrogen) atoms. The quantitative estimate of drug-likeness (QED) is 0.295. The zero-order valence-corrected chi connectivity index (χ0v) is 20.6. The van der Waals surface area contributed by atoms with Gasteiger partial charge in [0.1, 0.15) is 8.07 Å². The van der Waals surface area contributed by atoms with Gasteiger partial charge in [0.25, 0.3) is 0 Å². The second-order valence-corrected chi connectivity index (χ2v) is 10.4. The van der Waals surface area contributed by atoms with Crippen LogP contribution in [0.25, 0.3) is 0 Å². The van der Waals surface area contributed by atoms with Gasteiger partial charge in [0, 0.05) is 0 Å². The average molecular weight is 472 g/mol. The van der Waals surface area contributed by atoms with Gasteiger partial charge < -0.3 is 37.2 Å². The molecule has 0 heterocycles. The van der Waals surface area contributed by atoms with E-state index in [0.717, 1.165) is 6.42 Å². The molecule has 0 unspecified atom stereocenters. The molecule has 142 valence electrons. The van der Waals surface area contributed by atoms with E-state index in [9.17, 15) is 0 Å². The molecule has 0 N–H and O–H groups in total. The van der Waals surface area contributed by atoms with Crippen molar-refractivity contribution in [2.45, 2.75) is 39.2 Å². The van der Waals surface area contributed by atoms with Gasteiger partial charge in [-0.1, -0.05) is 104 Å². The summed E-state index contributed by atoms with van der Waals surface area (Å²) in [7, 11) is -1.94. The van der Waals surface area contributed by atoms with Crippen LogP contribution in [-0.2, 0) is 21.7 Å². The fourth-order valence-corrected chi connectivity index (χ4v) is 7.54. The van der Waals surface area contributed by atoms with Crippen LogP contribution in [-0.4, -0.2) is 8.07 Å². The average Bonchev–Trinajstić information content (AvgIpc) is 3.10. The number of halogens is 3. The van der Waals surface area contributed by atoms with E-state index in [1.807, 2.05) is 0 Å². The van der Waals surface area contributed by atoms with Crippen molar-refractivity contribution in [1.82, 2.24) is 0 Å². The van der Waals surface area contributed by atoms with Crippen LogP contribution in [0.4, 0.5) is 0 Å². The van der Waals surface area contributed by atoms with Crippen LogP contribution in [0.2, 0.25) is 6.55 Å². The maximum absolute atomic E-state index is 3.74. The van der Waals surface area contributed by atoms with Crippen LogP contribution in [0.3, 0.4) is 0 Å². The number of allylic oxidation sites excluding steroid dienone is 4. The molecule has 0 atom stereocenters. The minimum Gasteiger partial charge on any atom is -1.00 e. The third-order valence-electron chi connectivity index (χ3n) is 4.95. The van der Waals surface area contributed by atoms with Gasteiger partial charge in [-0.3, -0.25) is 6.08 Å². The van der Waals surface area contributed by atoms with Crippen molar-refractivity contribution in [3.63, 3.8) is 0 Å². The molecule has 3 rings (SSSR count). The molecule has 0 spiro atoms. The van der Waals surface area contributed by atoms with E-state index in [2.05, 4.69) is 86.3 Å². The van der Waals surface area contributed by atoms with Crippen LogP contribution < -0.4 is 47.6 Å². The van der Waals surface area contributed by atoms with Crippen molar-refractivity contribution >= 4 is 18.4 Å². The molecule has 2 aromatic carbocycles. The van der Waals surface area contributed by atoms with E-state index < -0.39 is 8.07 Å². The van der Waals surface area contributed by atoms with Gasteiger partial charge in [-0.2, -0.15) is 6.08 Å². The van der Waals surface area contributed by atoms with Gasteiger partial charge >= 0.3 is 21.7 Å². The molecule has 5 heteroatoms. The summed E-state index contributed by atoms with van der Waals surface area (Å²) in [5.74, 6) is 0. The molecule has 0 aromatic heterocycles. The fourth-order valence-electron chi connectivity index (χ4n) is 3.58. The second-order valence-electron chi connectivity index (χ2n) is 6.45. The molecule has 0 bridgehead atoms. The molecular weight excluding hydrogens is 447 g/mol. The van der Waals surface area contributed by atoms with Gasteiger partial charge in [-0.15, -0.1) is 6.42 Å². The molecule has 0 amide bonds. The Kier molecular flexibility index (Phi) is 14.8. The topological polar surface area (TPSA) is 0 Å². The Morgan fingerprint density at radius 3 is 1.78 bits per heavy atom. The van der Waals surface area contributed by atoms with E-state index in [1.54, 1.807) is 5.57 Å². The van der Waals surface area contributed by atoms with Crippen molar-refractivity contribution in [2.24, 2.45) is 0 Å². The normalized spacial score (nSPS) is 12.4. The first-order valence-corrected chi connectivity index (χ1v) is 11.2. The predicted octanol–water partition coefficient (Wildman–Crippen LogP) is -4.32. The van der Waals surface area contributed by atoms with E-state index >= 15 is 0 Å². The largest absolute Gasteiger partial charge is 4.00 e. The van der Waals surface area contributed by atoms with Crippen LogP contribution in [0.5, 0.6) is 0 Å². The molecule has 1 aliphatic carbocycles. The molecule has 2 aromatic rings. The minimum atomic E-state index is -1.94. The fraction of sp³-hybridized carbons (Fsp3) is 0.273. The van der Waals surface area contributed by atoms with Crippen molar-refractivity contribution < 1.29 is 58.9 Å². The van der Waals surface area contributed by atoms with Gasteiger partial charge in [0.05, 0.1) is 0 Å². The first kappa shape index (κ1) is 28.9. The van der Waals surface area contributed by atoms with Gasteiger partial charge in [0.15, 0.2) is 0 Å². The maximum Gasteiger partial charge on any atom is 4.00 e. The number of hydrogen-bond acceptors (Lipinski definition) is 0. The third-order valence-corrected chi connectivity index (χ3v) is 9.42. The first-order valence-electron chi connectivity index (χ1n) is 8.68. The zero-order valence-electron chi connectivity index (χ0n) is 15.8. The Bertz CT molecular complexity index is 675. The number of rotatable bonds is 6. The van der Waals surface area contributed by atoms with Gasteiger partial charge in [0.2, 0.25) is 0 Å². The molecule has 0 aliphatic heterocycles. The van der Waals surface area contributed by atoms with Crippen molar-refractivity contribution in [2.75, 3.05) is 0 Å². The Balaban J connectivity index is 0. The van der Waals surface area contributed by atoms with E-state index in [-0.39, 0.29) is 58.9 Å². The minimum absolute atomic E-state index is 0. The Morgan fingerprint density at radius 1 is 0.852 bits per heavy atom. The van der Waals surface area contributed by atoms with Crippen LogP contribution >= 0.6 is 0 Å². The Morgan fingerprint density at radius 2 is 1.33 bits per heavy atom. The summed E-state index contributed by atoms with van der Waals surface area (Å²) in [4.78, 5) is 0. The van der Waals surface area contributed by atoms with E-state index in [0.29, 0.717) is 0 Å². The summed E-state index contributed by atoms with van der Waals surface area (Å²) in [5, 5.41) is 4.49. The summed E-state index contributed by atoms with van der Waals surface area (Å²) >= 11 is 0. The molecule has 0 fully saturated rings. The summed E-state index contributed by atoms with van der Waals surface area (Å²) in [5.41, 5.74) is 1.55. The summed E-state index contributed by atoms with van der Waals surface area (Å²) < 4.78 is 0. The van der Waals surface area contributed by atoms with Gasteiger partial charge in [-0.05, 0) is 0 Å². The number of unbranched alkanes of at least 4 members (excludes halogenated alkanes) is 1. The molecule has 1 aliphatic rings. The monoisotopic (exact) mass is 470 g/mol.